The Kier molecular flexibility index (Phi) is 5.52. The van der Waals surface area contributed by atoms with Crippen molar-refractivity contribution < 1.29 is 4.52 Å². The number of benzene rings is 1. The van der Waals surface area contributed by atoms with Crippen molar-refractivity contribution >= 4 is 5.82 Å². The molecule has 0 aliphatic rings. The molecule has 3 aromatic heterocycles. The lowest BCUT2D eigenvalue weighted by Gasteiger charge is -2.18. The molecule has 4 aromatic rings. The molecule has 4 rings (SSSR count). The molecule has 0 saturated carbocycles. The van der Waals surface area contributed by atoms with Crippen LogP contribution in [0.25, 0.3) is 34.0 Å². The maximum Gasteiger partial charge on any atom is 0.189 e. The van der Waals surface area contributed by atoms with E-state index in [1.165, 1.54) is 5.56 Å². The van der Waals surface area contributed by atoms with Crippen molar-refractivity contribution in [2.24, 2.45) is 0 Å². The summed E-state index contributed by atoms with van der Waals surface area (Å²) in [7, 11) is 1.92. The zero-order valence-corrected chi connectivity index (χ0v) is 18.2. The van der Waals surface area contributed by atoms with E-state index in [0.29, 0.717) is 23.0 Å². The molecule has 7 heteroatoms. The van der Waals surface area contributed by atoms with Crippen LogP contribution in [0.15, 0.2) is 59.4 Å². The predicted octanol–water partition coefficient (Wildman–Crippen LogP) is 4.46. The van der Waals surface area contributed by atoms with Crippen LogP contribution in [-0.2, 0) is 12.0 Å². The van der Waals surface area contributed by atoms with Gasteiger partial charge in [0.25, 0.3) is 0 Å². The van der Waals surface area contributed by atoms with E-state index in [0.717, 1.165) is 29.1 Å². The second kappa shape index (κ2) is 8.28. The number of hydrogen-bond acceptors (Lipinski definition) is 7. The molecule has 0 amide bonds. The summed E-state index contributed by atoms with van der Waals surface area (Å²) in [6.45, 7) is 7.19. The van der Waals surface area contributed by atoms with Gasteiger partial charge in [-0.05, 0) is 24.7 Å². The van der Waals surface area contributed by atoms with Crippen molar-refractivity contribution in [1.82, 2.24) is 25.4 Å². The smallest absolute Gasteiger partial charge is 0.189 e. The number of pyridine rings is 1. The number of aromatic nitrogens is 4. The molecule has 0 atom stereocenters. The maximum absolute atomic E-state index is 6.12. The normalized spacial score (nSPS) is 11.6. The van der Waals surface area contributed by atoms with Crippen LogP contribution >= 0.6 is 0 Å². The van der Waals surface area contributed by atoms with E-state index >= 15 is 0 Å². The Labute approximate surface area is 181 Å². The fourth-order valence-electron chi connectivity index (χ4n) is 3.24. The number of nitrogens with one attached hydrogen (secondary N) is 1. The van der Waals surface area contributed by atoms with Crippen LogP contribution < -0.4 is 11.1 Å². The van der Waals surface area contributed by atoms with Gasteiger partial charge in [-0.2, -0.15) is 0 Å². The summed E-state index contributed by atoms with van der Waals surface area (Å²) in [6.07, 6.45) is 3.45. The van der Waals surface area contributed by atoms with Crippen LogP contribution in [0.4, 0.5) is 5.82 Å². The molecule has 0 saturated heterocycles. The molecule has 3 heterocycles. The van der Waals surface area contributed by atoms with Gasteiger partial charge in [0.2, 0.25) is 0 Å². The molecule has 7 nitrogen and oxygen atoms in total. The quantitative estimate of drug-likeness (QED) is 0.497. The third kappa shape index (κ3) is 4.46. The average molecular weight is 415 g/mol. The van der Waals surface area contributed by atoms with Gasteiger partial charge >= 0.3 is 0 Å². The minimum Gasteiger partial charge on any atom is -0.382 e. The molecule has 0 radical (unpaired) electrons. The van der Waals surface area contributed by atoms with Gasteiger partial charge in [-0.3, -0.25) is 4.98 Å². The Hall–Kier alpha value is -3.58. The van der Waals surface area contributed by atoms with E-state index in [2.05, 4.69) is 53.3 Å². The molecule has 158 valence electrons. The molecule has 0 aliphatic heterocycles. The third-order valence-electron chi connectivity index (χ3n) is 5.00. The summed E-state index contributed by atoms with van der Waals surface area (Å²) >= 11 is 0. The standard InChI is InChI=1S/C24H26N6O/c1-24(2,3)21-11-17(9-10-27-21)19-14-28-23(25)22(29-19)20-12-18(30-31-20)16-7-5-15(6-8-16)13-26-4/h5-12,14,26H,13H2,1-4H3,(H2,25,28). The molecule has 0 unspecified atom stereocenters. The number of rotatable bonds is 5. The molecule has 31 heavy (non-hydrogen) atoms. The summed E-state index contributed by atoms with van der Waals surface area (Å²) in [5.74, 6) is 0.771. The highest BCUT2D eigenvalue weighted by Gasteiger charge is 2.18. The van der Waals surface area contributed by atoms with Crippen molar-refractivity contribution in [3.8, 4) is 34.0 Å². The second-order valence-electron chi connectivity index (χ2n) is 8.47. The lowest BCUT2D eigenvalue weighted by Crippen LogP contribution is -2.13. The van der Waals surface area contributed by atoms with Crippen LogP contribution in [0, 0.1) is 0 Å². The first-order valence-corrected chi connectivity index (χ1v) is 10.2. The van der Waals surface area contributed by atoms with Crippen LogP contribution in [0.1, 0.15) is 32.0 Å². The molecular formula is C24H26N6O. The van der Waals surface area contributed by atoms with Gasteiger partial charge in [0.1, 0.15) is 5.69 Å². The highest BCUT2D eigenvalue weighted by Crippen LogP contribution is 2.30. The predicted molar refractivity (Wildman–Crippen MR) is 122 cm³/mol. The monoisotopic (exact) mass is 414 g/mol. The van der Waals surface area contributed by atoms with Crippen LogP contribution in [0.2, 0.25) is 0 Å². The van der Waals surface area contributed by atoms with Crippen LogP contribution in [0.3, 0.4) is 0 Å². The lowest BCUT2D eigenvalue weighted by atomic mass is 9.90. The van der Waals surface area contributed by atoms with E-state index in [-0.39, 0.29) is 5.41 Å². The highest BCUT2D eigenvalue weighted by atomic mass is 16.5. The SMILES string of the molecule is CNCc1ccc(-c2cc(-c3nc(-c4ccnc(C(C)(C)C)c4)cnc3N)on2)cc1. The van der Waals surface area contributed by atoms with Crippen molar-refractivity contribution in [2.45, 2.75) is 32.7 Å². The molecule has 1 aromatic carbocycles. The number of hydrogen-bond donors (Lipinski definition) is 2. The van der Waals surface area contributed by atoms with Crippen molar-refractivity contribution in [3.05, 3.63) is 66.1 Å². The first-order chi connectivity index (χ1) is 14.8. The van der Waals surface area contributed by atoms with Gasteiger partial charge in [-0.15, -0.1) is 0 Å². The van der Waals surface area contributed by atoms with Gasteiger partial charge in [0.05, 0.1) is 11.9 Å². The Morgan fingerprint density at radius 3 is 2.45 bits per heavy atom. The zero-order chi connectivity index (χ0) is 22.0. The maximum atomic E-state index is 6.12. The van der Waals surface area contributed by atoms with Gasteiger partial charge < -0.3 is 15.6 Å². The van der Waals surface area contributed by atoms with Gasteiger partial charge in [-0.1, -0.05) is 50.2 Å². The summed E-state index contributed by atoms with van der Waals surface area (Å²) in [4.78, 5) is 13.5. The minimum atomic E-state index is -0.0668. The number of anilines is 1. The number of nitrogen functional groups attached to an aromatic ring is 1. The van der Waals surface area contributed by atoms with E-state index in [1.807, 2.05) is 37.4 Å². The fourth-order valence-corrected chi connectivity index (χ4v) is 3.24. The Morgan fingerprint density at radius 2 is 1.74 bits per heavy atom. The van der Waals surface area contributed by atoms with Gasteiger partial charge in [0, 0.05) is 41.0 Å². The van der Waals surface area contributed by atoms with Crippen LogP contribution in [-0.4, -0.2) is 27.2 Å². The van der Waals surface area contributed by atoms with E-state index in [1.54, 1.807) is 12.4 Å². The number of nitrogens with two attached hydrogens (primary N) is 1. The van der Waals surface area contributed by atoms with Crippen molar-refractivity contribution in [3.63, 3.8) is 0 Å². The first-order valence-electron chi connectivity index (χ1n) is 10.2. The zero-order valence-electron chi connectivity index (χ0n) is 18.2. The Bertz CT molecular complexity index is 1190. The largest absolute Gasteiger partial charge is 0.382 e. The topological polar surface area (TPSA) is 103 Å². The fraction of sp³-hybridized carbons (Fsp3) is 0.250. The second-order valence-corrected chi connectivity index (χ2v) is 8.47. The Balaban J connectivity index is 1.67. The summed E-state index contributed by atoms with van der Waals surface area (Å²) < 4.78 is 5.58. The minimum absolute atomic E-state index is 0.0668. The molecular weight excluding hydrogens is 388 g/mol. The van der Waals surface area contributed by atoms with E-state index in [4.69, 9.17) is 15.2 Å². The van der Waals surface area contributed by atoms with Crippen molar-refractivity contribution in [2.75, 3.05) is 12.8 Å². The molecule has 0 fully saturated rings. The molecule has 0 spiro atoms. The summed E-state index contributed by atoms with van der Waals surface area (Å²) in [5, 5.41) is 7.34. The van der Waals surface area contributed by atoms with Crippen LogP contribution in [0.5, 0.6) is 0 Å². The lowest BCUT2D eigenvalue weighted by molar-refractivity contribution is 0.434. The third-order valence-corrected chi connectivity index (χ3v) is 5.00. The number of nitrogens with zero attached hydrogens (tertiary/aromatic N) is 4. The highest BCUT2D eigenvalue weighted by molar-refractivity contribution is 5.73. The summed E-state index contributed by atoms with van der Waals surface area (Å²) in [5.41, 5.74) is 12.0. The first kappa shape index (κ1) is 20.7. The molecule has 0 bridgehead atoms. The van der Waals surface area contributed by atoms with Gasteiger partial charge in [-0.25, -0.2) is 9.97 Å². The Morgan fingerprint density at radius 1 is 0.968 bits per heavy atom. The van der Waals surface area contributed by atoms with Gasteiger partial charge in [0.15, 0.2) is 17.3 Å². The molecule has 0 aliphatic carbocycles. The average Bonchev–Trinajstić information content (AvgIpc) is 3.24. The van der Waals surface area contributed by atoms with E-state index < -0.39 is 0 Å². The van der Waals surface area contributed by atoms with Crippen molar-refractivity contribution in [1.29, 1.82) is 0 Å². The summed E-state index contributed by atoms with van der Waals surface area (Å²) in [6, 6.07) is 13.9. The van der Waals surface area contributed by atoms with E-state index in [9.17, 15) is 0 Å². The molecule has 3 N–H and O–H groups in total.